The lowest BCUT2D eigenvalue weighted by atomic mass is 10.1. The van der Waals surface area contributed by atoms with E-state index in [1.807, 2.05) is 25.1 Å². The van der Waals surface area contributed by atoms with Gasteiger partial charge in [-0.05, 0) is 43.0 Å². The minimum atomic E-state index is -0.346. The second-order valence-electron chi connectivity index (χ2n) is 5.58. The first-order valence-electron chi connectivity index (χ1n) is 7.92. The molecule has 0 aliphatic rings. The summed E-state index contributed by atoms with van der Waals surface area (Å²) in [5.74, 6) is -0.624. The summed E-state index contributed by atoms with van der Waals surface area (Å²) in [5.41, 5.74) is 2.65. The maximum absolute atomic E-state index is 11.9. The summed E-state index contributed by atoms with van der Waals surface area (Å²) in [5, 5.41) is 6.07. The molecule has 126 valence electrons. The molecule has 0 saturated carbocycles. The van der Waals surface area contributed by atoms with Gasteiger partial charge < -0.3 is 10.6 Å². The Morgan fingerprint density at radius 3 is 2.50 bits per heavy atom. The first-order valence-corrected chi connectivity index (χ1v) is 8.29. The molecule has 0 heterocycles. The number of benzene rings is 2. The lowest BCUT2D eigenvalue weighted by Gasteiger charge is -2.10. The van der Waals surface area contributed by atoms with Crippen LogP contribution in [0.25, 0.3) is 0 Å². The number of hydrogen-bond donors (Lipinski definition) is 2. The van der Waals surface area contributed by atoms with Crippen LogP contribution in [0.1, 0.15) is 24.0 Å². The van der Waals surface area contributed by atoms with E-state index in [-0.39, 0.29) is 18.2 Å². The molecule has 2 amide bonds. The standard InChI is InChI=1S/C19H21ClN2O2/c1-14-16(20)10-5-11-17(14)22-19(24)13-18(23)21-12-6-9-15-7-3-2-4-8-15/h2-5,7-8,10-11H,6,9,12-13H2,1H3,(H,21,23)(H,22,24). The normalized spacial score (nSPS) is 10.2. The molecule has 0 aliphatic carbocycles. The van der Waals surface area contributed by atoms with Gasteiger partial charge in [-0.3, -0.25) is 9.59 Å². The Balaban J connectivity index is 1.70. The molecular formula is C19H21ClN2O2. The van der Waals surface area contributed by atoms with Crippen LogP contribution in [0.2, 0.25) is 5.02 Å². The quantitative estimate of drug-likeness (QED) is 0.594. The highest BCUT2D eigenvalue weighted by Gasteiger charge is 2.11. The van der Waals surface area contributed by atoms with E-state index >= 15 is 0 Å². The lowest BCUT2D eigenvalue weighted by Crippen LogP contribution is -2.29. The molecule has 2 aromatic carbocycles. The van der Waals surface area contributed by atoms with E-state index in [9.17, 15) is 9.59 Å². The second-order valence-corrected chi connectivity index (χ2v) is 5.98. The highest BCUT2D eigenvalue weighted by molar-refractivity contribution is 6.31. The van der Waals surface area contributed by atoms with Gasteiger partial charge in [0.05, 0.1) is 0 Å². The Morgan fingerprint density at radius 2 is 1.75 bits per heavy atom. The predicted octanol–water partition coefficient (Wildman–Crippen LogP) is 3.73. The SMILES string of the molecule is Cc1c(Cl)cccc1NC(=O)CC(=O)NCCCc1ccccc1. The number of carbonyl (C=O) groups is 2. The Kier molecular flexibility index (Phi) is 6.82. The first kappa shape index (κ1) is 18.0. The number of nitrogens with one attached hydrogen (secondary N) is 2. The summed E-state index contributed by atoms with van der Waals surface area (Å²) in [4.78, 5) is 23.7. The molecule has 0 unspecified atom stereocenters. The van der Waals surface area contributed by atoms with Crippen LogP contribution in [0.15, 0.2) is 48.5 Å². The van der Waals surface area contributed by atoms with Crippen LogP contribution in [0, 0.1) is 6.92 Å². The molecule has 0 aromatic heterocycles. The summed E-state index contributed by atoms with van der Waals surface area (Å²) >= 11 is 6.01. The third-order valence-electron chi connectivity index (χ3n) is 3.67. The topological polar surface area (TPSA) is 58.2 Å². The van der Waals surface area contributed by atoms with E-state index in [0.717, 1.165) is 18.4 Å². The average molecular weight is 345 g/mol. The molecule has 5 heteroatoms. The van der Waals surface area contributed by atoms with E-state index in [0.29, 0.717) is 17.3 Å². The summed E-state index contributed by atoms with van der Waals surface area (Å²) < 4.78 is 0. The smallest absolute Gasteiger partial charge is 0.233 e. The number of aryl methyl sites for hydroxylation is 1. The van der Waals surface area contributed by atoms with Crippen molar-refractivity contribution < 1.29 is 9.59 Å². The third kappa shape index (κ3) is 5.70. The minimum Gasteiger partial charge on any atom is -0.356 e. The van der Waals surface area contributed by atoms with Crippen molar-refractivity contribution >= 4 is 29.1 Å². The maximum Gasteiger partial charge on any atom is 0.233 e. The molecule has 0 bridgehead atoms. The molecule has 2 aromatic rings. The number of hydrogen-bond acceptors (Lipinski definition) is 2. The molecular weight excluding hydrogens is 324 g/mol. The second kappa shape index (κ2) is 9.08. The zero-order valence-corrected chi connectivity index (χ0v) is 14.4. The minimum absolute atomic E-state index is 0.197. The largest absolute Gasteiger partial charge is 0.356 e. The fourth-order valence-corrected chi connectivity index (χ4v) is 2.49. The fraction of sp³-hybridized carbons (Fsp3) is 0.263. The van der Waals surface area contributed by atoms with Crippen molar-refractivity contribution in [3.05, 3.63) is 64.7 Å². The summed E-state index contributed by atoms with van der Waals surface area (Å²) in [7, 11) is 0. The van der Waals surface area contributed by atoms with E-state index < -0.39 is 0 Å². The van der Waals surface area contributed by atoms with E-state index in [4.69, 9.17) is 11.6 Å². The maximum atomic E-state index is 11.9. The molecule has 24 heavy (non-hydrogen) atoms. The molecule has 0 saturated heterocycles. The zero-order valence-electron chi connectivity index (χ0n) is 13.6. The number of amides is 2. The molecule has 2 rings (SSSR count). The van der Waals surface area contributed by atoms with Gasteiger partial charge in [0, 0.05) is 17.3 Å². The highest BCUT2D eigenvalue weighted by Crippen LogP contribution is 2.22. The Bertz CT molecular complexity index is 702. The number of halogens is 1. The molecule has 2 N–H and O–H groups in total. The van der Waals surface area contributed by atoms with Gasteiger partial charge in [-0.1, -0.05) is 48.0 Å². The van der Waals surface area contributed by atoms with E-state index in [1.54, 1.807) is 18.2 Å². The Morgan fingerprint density at radius 1 is 1.00 bits per heavy atom. The van der Waals surface area contributed by atoms with Gasteiger partial charge in [0.25, 0.3) is 0 Å². The van der Waals surface area contributed by atoms with Crippen molar-refractivity contribution in [3.8, 4) is 0 Å². The first-order chi connectivity index (χ1) is 11.6. The Hall–Kier alpha value is -2.33. The monoisotopic (exact) mass is 344 g/mol. The Labute approximate surface area is 147 Å². The van der Waals surface area contributed by atoms with Crippen molar-refractivity contribution in [1.29, 1.82) is 0 Å². The van der Waals surface area contributed by atoms with Crippen molar-refractivity contribution in [2.45, 2.75) is 26.2 Å². The van der Waals surface area contributed by atoms with Crippen molar-refractivity contribution in [3.63, 3.8) is 0 Å². The van der Waals surface area contributed by atoms with Crippen molar-refractivity contribution in [2.75, 3.05) is 11.9 Å². The van der Waals surface area contributed by atoms with Crippen LogP contribution in [-0.2, 0) is 16.0 Å². The fourth-order valence-electron chi connectivity index (χ4n) is 2.31. The predicted molar refractivity (Wildman–Crippen MR) is 97.2 cm³/mol. The zero-order chi connectivity index (χ0) is 17.4. The van der Waals surface area contributed by atoms with Gasteiger partial charge in [-0.25, -0.2) is 0 Å². The van der Waals surface area contributed by atoms with Crippen LogP contribution < -0.4 is 10.6 Å². The summed E-state index contributed by atoms with van der Waals surface area (Å²) in [6, 6.07) is 15.4. The van der Waals surface area contributed by atoms with E-state index in [2.05, 4.69) is 22.8 Å². The summed E-state index contributed by atoms with van der Waals surface area (Å²) in [6.45, 7) is 2.37. The highest BCUT2D eigenvalue weighted by atomic mass is 35.5. The molecule has 0 aliphatic heterocycles. The van der Waals surface area contributed by atoms with Gasteiger partial charge >= 0.3 is 0 Å². The van der Waals surface area contributed by atoms with Gasteiger partial charge in [0.15, 0.2) is 0 Å². The molecule has 0 spiro atoms. The lowest BCUT2D eigenvalue weighted by molar-refractivity contribution is -0.126. The summed E-state index contributed by atoms with van der Waals surface area (Å²) in [6.07, 6.45) is 1.54. The van der Waals surface area contributed by atoms with Crippen LogP contribution in [0.3, 0.4) is 0 Å². The number of rotatable bonds is 7. The number of anilines is 1. The van der Waals surface area contributed by atoms with Crippen LogP contribution >= 0.6 is 11.6 Å². The van der Waals surface area contributed by atoms with Crippen LogP contribution in [0.5, 0.6) is 0 Å². The van der Waals surface area contributed by atoms with Gasteiger partial charge in [-0.2, -0.15) is 0 Å². The van der Waals surface area contributed by atoms with Crippen molar-refractivity contribution in [1.82, 2.24) is 5.32 Å². The molecule has 0 radical (unpaired) electrons. The molecule has 0 atom stereocenters. The van der Waals surface area contributed by atoms with E-state index in [1.165, 1.54) is 5.56 Å². The van der Waals surface area contributed by atoms with Gasteiger partial charge in [-0.15, -0.1) is 0 Å². The number of carbonyl (C=O) groups excluding carboxylic acids is 2. The van der Waals surface area contributed by atoms with Crippen LogP contribution in [-0.4, -0.2) is 18.4 Å². The average Bonchev–Trinajstić information content (AvgIpc) is 2.57. The van der Waals surface area contributed by atoms with Gasteiger partial charge in [0.1, 0.15) is 6.42 Å². The third-order valence-corrected chi connectivity index (χ3v) is 4.08. The molecule has 4 nitrogen and oxygen atoms in total. The van der Waals surface area contributed by atoms with Gasteiger partial charge in [0.2, 0.25) is 11.8 Å². The van der Waals surface area contributed by atoms with Crippen LogP contribution in [0.4, 0.5) is 5.69 Å². The molecule has 0 fully saturated rings. The van der Waals surface area contributed by atoms with Crippen molar-refractivity contribution in [2.24, 2.45) is 0 Å².